The third kappa shape index (κ3) is 5.26. The molecule has 0 atom stereocenters. The molecule has 0 bridgehead atoms. The second kappa shape index (κ2) is 8.24. The van der Waals surface area contributed by atoms with Crippen LogP contribution >= 0.6 is 11.6 Å². The van der Waals surface area contributed by atoms with Gasteiger partial charge in [0.25, 0.3) is 0 Å². The topological polar surface area (TPSA) is 63.2 Å². The Hall–Kier alpha value is -2.27. The van der Waals surface area contributed by atoms with E-state index in [9.17, 15) is 4.79 Å². The zero-order chi connectivity index (χ0) is 15.8. The van der Waals surface area contributed by atoms with Gasteiger partial charge in [-0.15, -0.1) is 0 Å². The highest BCUT2D eigenvalue weighted by Crippen LogP contribution is 2.22. The second-order valence-corrected chi connectivity index (χ2v) is 5.08. The Labute approximate surface area is 134 Å². The molecule has 0 aliphatic heterocycles. The molecule has 0 aliphatic rings. The maximum Gasteiger partial charge on any atom is 0.320 e. The molecule has 0 unspecified atom stereocenters. The summed E-state index contributed by atoms with van der Waals surface area (Å²) in [6.45, 7) is 2.85. The highest BCUT2D eigenvalue weighted by Gasteiger charge is 2.03. The number of hydrogen-bond acceptors (Lipinski definition) is 3. The number of carbonyl (C=O) groups excluding carboxylic acids is 1. The van der Waals surface area contributed by atoms with Crippen molar-refractivity contribution < 1.29 is 9.53 Å². The zero-order valence-electron chi connectivity index (χ0n) is 12.3. The summed E-state index contributed by atoms with van der Waals surface area (Å²) in [7, 11) is 0. The van der Waals surface area contributed by atoms with E-state index in [2.05, 4.69) is 15.6 Å². The molecule has 0 fully saturated rings. The van der Waals surface area contributed by atoms with Crippen molar-refractivity contribution >= 4 is 23.4 Å². The highest BCUT2D eigenvalue weighted by atomic mass is 35.5. The fourth-order valence-corrected chi connectivity index (χ4v) is 1.98. The van der Waals surface area contributed by atoms with Crippen molar-refractivity contribution in [3.05, 3.63) is 53.2 Å². The van der Waals surface area contributed by atoms with Crippen LogP contribution in [0.4, 0.5) is 10.6 Å². The van der Waals surface area contributed by atoms with Crippen LogP contribution in [0.25, 0.3) is 0 Å². The fraction of sp³-hybridized carbons (Fsp3) is 0.250. The van der Waals surface area contributed by atoms with Crippen LogP contribution in [0.1, 0.15) is 12.1 Å². The van der Waals surface area contributed by atoms with Crippen molar-refractivity contribution in [1.82, 2.24) is 10.3 Å². The average molecular weight is 320 g/mol. The number of hydrogen-bond donors (Lipinski definition) is 2. The summed E-state index contributed by atoms with van der Waals surface area (Å²) in [5.41, 5.74) is 0.853. The molecule has 2 amide bonds. The van der Waals surface area contributed by atoms with Crippen LogP contribution in [-0.2, 0) is 0 Å². The molecular weight excluding hydrogens is 302 g/mol. The Morgan fingerprint density at radius 3 is 2.82 bits per heavy atom. The number of pyridine rings is 1. The van der Waals surface area contributed by atoms with Gasteiger partial charge in [-0.1, -0.05) is 29.8 Å². The molecule has 2 N–H and O–H groups in total. The lowest BCUT2D eigenvalue weighted by Crippen LogP contribution is -2.30. The normalized spacial score (nSPS) is 10.1. The lowest BCUT2D eigenvalue weighted by molar-refractivity contribution is 0.250. The molecular formula is C16H18ClN3O2. The van der Waals surface area contributed by atoms with E-state index in [1.165, 1.54) is 0 Å². The SMILES string of the molecule is Cc1cccc(NC(=O)NCCCOc2ccccc2Cl)n1. The number of nitrogens with one attached hydrogen (secondary N) is 2. The van der Waals surface area contributed by atoms with E-state index in [-0.39, 0.29) is 6.03 Å². The lowest BCUT2D eigenvalue weighted by atomic mass is 10.3. The molecule has 6 heteroatoms. The molecule has 0 radical (unpaired) electrons. The second-order valence-electron chi connectivity index (χ2n) is 4.68. The summed E-state index contributed by atoms with van der Waals surface area (Å²) >= 11 is 5.98. The molecule has 0 saturated carbocycles. The van der Waals surface area contributed by atoms with Gasteiger partial charge in [-0.05, 0) is 37.6 Å². The van der Waals surface area contributed by atoms with Crippen LogP contribution in [0.2, 0.25) is 5.02 Å². The van der Waals surface area contributed by atoms with Gasteiger partial charge in [-0.25, -0.2) is 9.78 Å². The predicted molar refractivity (Wildman–Crippen MR) is 87.6 cm³/mol. The molecule has 1 aromatic carbocycles. The molecule has 1 aromatic heterocycles. The van der Waals surface area contributed by atoms with E-state index in [0.717, 1.165) is 5.69 Å². The Balaban J connectivity index is 1.64. The minimum absolute atomic E-state index is 0.282. The molecule has 5 nitrogen and oxygen atoms in total. The molecule has 0 aliphatic carbocycles. The average Bonchev–Trinajstić information content (AvgIpc) is 2.48. The quantitative estimate of drug-likeness (QED) is 0.799. The first-order valence-corrected chi connectivity index (χ1v) is 7.39. The number of nitrogens with zero attached hydrogens (tertiary/aromatic N) is 1. The smallest absolute Gasteiger partial charge is 0.320 e. The van der Waals surface area contributed by atoms with Crippen molar-refractivity contribution in [1.29, 1.82) is 0 Å². The first kappa shape index (κ1) is 16.1. The van der Waals surface area contributed by atoms with Gasteiger partial charge in [0.1, 0.15) is 11.6 Å². The summed E-state index contributed by atoms with van der Waals surface area (Å²) in [5.74, 6) is 1.18. The lowest BCUT2D eigenvalue weighted by Gasteiger charge is -2.09. The van der Waals surface area contributed by atoms with Gasteiger partial charge in [0.15, 0.2) is 0 Å². The number of carbonyl (C=O) groups is 1. The predicted octanol–water partition coefficient (Wildman–Crippen LogP) is 3.63. The van der Waals surface area contributed by atoms with E-state index in [1.807, 2.05) is 37.3 Å². The molecule has 0 saturated heterocycles. The van der Waals surface area contributed by atoms with Crippen molar-refractivity contribution in [2.24, 2.45) is 0 Å². The van der Waals surface area contributed by atoms with Crippen LogP contribution < -0.4 is 15.4 Å². The molecule has 1 heterocycles. The maximum atomic E-state index is 11.7. The number of amides is 2. The number of rotatable bonds is 6. The molecule has 2 aromatic rings. The molecule has 22 heavy (non-hydrogen) atoms. The molecule has 2 rings (SSSR count). The number of para-hydroxylation sites is 1. The van der Waals surface area contributed by atoms with Gasteiger partial charge in [0, 0.05) is 12.2 Å². The highest BCUT2D eigenvalue weighted by molar-refractivity contribution is 6.32. The van der Waals surface area contributed by atoms with Crippen molar-refractivity contribution in [2.75, 3.05) is 18.5 Å². The van der Waals surface area contributed by atoms with Crippen LogP contribution in [0.15, 0.2) is 42.5 Å². The van der Waals surface area contributed by atoms with E-state index in [1.54, 1.807) is 12.1 Å². The van der Waals surface area contributed by atoms with Gasteiger partial charge in [0.2, 0.25) is 0 Å². The van der Waals surface area contributed by atoms with Crippen LogP contribution in [0, 0.1) is 6.92 Å². The summed E-state index contributed by atoms with van der Waals surface area (Å²) < 4.78 is 5.54. The van der Waals surface area contributed by atoms with E-state index in [0.29, 0.717) is 36.2 Å². The summed E-state index contributed by atoms with van der Waals surface area (Å²) in [5, 5.41) is 6.01. The van der Waals surface area contributed by atoms with E-state index < -0.39 is 0 Å². The first-order chi connectivity index (χ1) is 10.6. The molecule has 0 spiro atoms. The summed E-state index contributed by atoms with van der Waals surface area (Å²) in [6.07, 6.45) is 0.680. The van der Waals surface area contributed by atoms with Crippen molar-refractivity contribution in [3.63, 3.8) is 0 Å². The Morgan fingerprint density at radius 2 is 2.05 bits per heavy atom. The van der Waals surface area contributed by atoms with Crippen LogP contribution in [0.3, 0.4) is 0 Å². The zero-order valence-corrected chi connectivity index (χ0v) is 13.1. The number of halogens is 1. The standard InChI is InChI=1S/C16H18ClN3O2/c1-12-6-4-9-15(19-12)20-16(21)18-10-5-11-22-14-8-3-2-7-13(14)17/h2-4,6-9H,5,10-11H2,1H3,(H2,18,19,20,21). The summed E-state index contributed by atoms with van der Waals surface area (Å²) in [4.78, 5) is 15.9. The van der Waals surface area contributed by atoms with Crippen LogP contribution in [0.5, 0.6) is 5.75 Å². The van der Waals surface area contributed by atoms with Gasteiger partial charge in [-0.2, -0.15) is 0 Å². The monoisotopic (exact) mass is 319 g/mol. The first-order valence-electron chi connectivity index (χ1n) is 7.01. The van der Waals surface area contributed by atoms with Gasteiger partial charge in [-0.3, -0.25) is 5.32 Å². The van der Waals surface area contributed by atoms with E-state index >= 15 is 0 Å². The Bertz CT molecular complexity index is 634. The fourth-order valence-electron chi connectivity index (χ4n) is 1.79. The van der Waals surface area contributed by atoms with Gasteiger partial charge >= 0.3 is 6.03 Å². The number of aryl methyl sites for hydroxylation is 1. The number of urea groups is 1. The maximum absolute atomic E-state index is 11.7. The Morgan fingerprint density at radius 1 is 1.23 bits per heavy atom. The largest absolute Gasteiger partial charge is 0.492 e. The van der Waals surface area contributed by atoms with Crippen molar-refractivity contribution in [3.8, 4) is 5.75 Å². The van der Waals surface area contributed by atoms with E-state index in [4.69, 9.17) is 16.3 Å². The minimum atomic E-state index is -0.282. The Kier molecular flexibility index (Phi) is 6.03. The molecule has 116 valence electrons. The van der Waals surface area contributed by atoms with Crippen LogP contribution in [-0.4, -0.2) is 24.2 Å². The minimum Gasteiger partial charge on any atom is -0.492 e. The number of benzene rings is 1. The van der Waals surface area contributed by atoms with Crippen molar-refractivity contribution in [2.45, 2.75) is 13.3 Å². The number of anilines is 1. The van der Waals surface area contributed by atoms with Gasteiger partial charge in [0.05, 0.1) is 11.6 Å². The number of aromatic nitrogens is 1. The third-order valence-corrected chi connectivity index (χ3v) is 3.14. The summed E-state index contributed by atoms with van der Waals surface area (Å²) in [6, 6.07) is 12.5. The number of ether oxygens (including phenoxy) is 1. The third-order valence-electron chi connectivity index (χ3n) is 2.83. The van der Waals surface area contributed by atoms with Gasteiger partial charge < -0.3 is 10.1 Å².